The van der Waals surface area contributed by atoms with E-state index in [0.29, 0.717) is 13.1 Å². The largest absolute Gasteiger partial charge is 0.480 e. The maximum atomic E-state index is 11.4. The van der Waals surface area contributed by atoms with Gasteiger partial charge >= 0.3 is 12.0 Å². The molecule has 2 amide bonds. The van der Waals surface area contributed by atoms with E-state index >= 15 is 0 Å². The fourth-order valence-electron chi connectivity index (χ4n) is 1.23. The van der Waals surface area contributed by atoms with Crippen LogP contribution in [-0.2, 0) is 11.3 Å². The van der Waals surface area contributed by atoms with Gasteiger partial charge in [0, 0.05) is 12.7 Å². The molecule has 0 aromatic carbocycles. The Bertz CT molecular complexity index is 404. The number of carboxylic acid groups (broad SMARTS) is 1. The number of hydrogen-bond acceptors (Lipinski definition) is 4. The van der Waals surface area contributed by atoms with Crippen LogP contribution in [0.2, 0.25) is 0 Å². The molecule has 8 nitrogen and oxygen atoms in total. The molecule has 3 N–H and O–H groups in total. The third-order valence-corrected chi connectivity index (χ3v) is 2.10. The van der Waals surface area contributed by atoms with Crippen molar-refractivity contribution >= 4 is 12.0 Å². The first-order valence-corrected chi connectivity index (χ1v) is 5.35. The smallest absolute Gasteiger partial charge is 0.326 e. The lowest BCUT2D eigenvalue weighted by molar-refractivity contribution is -0.139. The highest BCUT2D eigenvalue weighted by molar-refractivity contribution is 5.82. The third-order valence-electron chi connectivity index (χ3n) is 2.10. The van der Waals surface area contributed by atoms with Gasteiger partial charge in [-0.25, -0.2) is 9.59 Å². The lowest BCUT2D eigenvalue weighted by atomic mass is 10.2. The second-order valence-corrected chi connectivity index (χ2v) is 3.48. The molecule has 0 bridgehead atoms. The first-order chi connectivity index (χ1) is 8.63. The van der Waals surface area contributed by atoms with E-state index in [9.17, 15) is 9.59 Å². The minimum Gasteiger partial charge on any atom is -0.480 e. The van der Waals surface area contributed by atoms with Crippen molar-refractivity contribution in [2.45, 2.75) is 19.0 Å². The van der Waals surface area contributed by atoms with E-state index in [2.05, 4.69) is 27.5 Å². The minimum atomic E-state index is -1.10. The molecule has 8 heteroatoms. The van der Waals surface area contributed by atoms with E-state index in [1.807, 2.05) is 0 Å². The van der Waals surface area contributed by atoms with Crippen LogP contribution in [0.4, 0.5) is 4.79 Å². The van der Waals surface area contributed by atoms with E-state index in [-0.39, 0.29) is 6.42 Å². The molecule has 0 radical (unpaired) electrons. The van der Waals surface area contributed by atoms with Crippen LogP contribution in [0, 0.1) is 0 Å². The van der Waals surface area contributed by atoms with Crippen molar-refractivity contribution < 1.29 is 14.7 Å². The highest BCUT2D eigenvalue weighted by atomic mass is 16.4. The van der Waals surface area contributed by atoms with Crippen molar-refractivity contribution in [2.24, 2.45) is 0 Å². The summed E-state index contributed by atoms with van der Waals surface area (Å²) in [6.07, 6.45) is 4.81. The van der Waals surface area contributed by atoms with Gasteiger partial charge in [-0.3, -0.25) is 4.68 Å². The average Bonchev–Trinajstić information content (AvgIpc) is 2.81. The Morgan fingerprint density at radius 3 is 2.89 bits per heavy atom. The first-order valence-electron chi connectivity index (χ1n) is 5.35. The zero-order valence-corrected chi connectivity index (χ0v) is 9.74. The second kappa shape index (κ2) is 7.05. The SMILES string of the molecule is C=CCC(NC(=O)NCCn1ccnn1)C(=O)O. The molecule has 98 valence electrons. The van der Waals surface area contributed by atoms with E-state index in [0.717, 1.165) is 0 Å². The number of carboxylic acids is 1. The number of carbonyl (C=O) groups is 2. The first kappa shape index (κ1) is 13.7. The Labute approximate surface area is 104 Å². The Morgan fingerprint density at radius 2 is 2.33 bits per heavy atom. The number of rotatable bonds is 7. The lowest BCUT2D eigenvalue weighted by Gasteiger charge is -2.13. The monoisotopic (exact) mass is 253 g/mol. The van der Waals surface area contributed by atoms with Gasteiger partial charge in [0.1, 0.15) is 6.04 Å². The van der Waals surface area contributed by atoms with Crippen LogP contribution in [0.1, 0.15) is 6.42 Å². The van der Waals surface area contributed by atoms with E-state index in [1.165, 1.54) is 12.3 Å². The molecular weight excluding hydrogens is 238 g/mol. The fourth-order valence-corrected chi connectivity index (χ4v) is 1.23. The Kier molecular flexibility index (Phi) is 5.36. The second-order valence-electron chi connectivity index (χ2n) is 3.48. The highest BCUT2D eigenvalue weighted by Crippen LogP contribution is 1.92. The molecule has 1 aromatic heterocycles. The molecule has 1 rings (SSSR count). The number of aliphatic carboxylic acids is 1. The predicted molar refractivity (Wildman–Crippen MR) is 62.8 cm³/mol. The molecule has 0 aliphatic heterocycles. The van der Waals surface area contributed by atoms with Crippen molar-refractivity contribution in [3.8, 4) is 0 Å². The molecular formula is C10H15N5O3. The van der Waals surface area contributed by atoms with Gasteiger partial charge in [0.25, 0.3) is 0 Å². The molecule has 1 aromatic rings. The average molecular weight is 253 g/mol. The molecule has 1 atom stereocenters. The lowest BCUT2D eigenvalue weighted by Crippen LogP contribution is -2.46. The van der Waals surface area contributed by atoms with Crippen LogP contribution in [-0.4, -0.2) is 44.7 Å². The molecule has 0 spiro atoms. The molecule has 0 aliphatic carbocycles. The molecule has 0 aliphatic rings. The summed E-state index contributed by atoms with van der Waals surface area (Å²) in [5.41, 5.74) is 0. The van der Waals surface area contributed by atoms with Gasteiger partial charge in [-0.2, -0.15) is 0 Å². The van der Waals surface area contributed by atoms with Gasteiger partial charge in [-0.05, 0) is 6.42 Å². The Morgan fingerprint density at radius 1 is 1.56 bits per heavy atom. The van der Waals surface area contributed by atoms with Crippen molar-refractivity contribution in [3.63, 3.8) is 0 Å². The van der Waals surface area contributed by atoms with Gasteiger partial charge in [0.2, 0.25) is 0 Å². The Hall–Kier alpha value is -2.38. The maximum absolute atomic E-state index is 11.4. The van der Waals surface area contributed by atoms with Crippen molar-refractivity contribution in [1.29, 1.82) is 0 Å². The van der Waals surface area contributed by atoms with Crippen molar-refractivity contribution in [1.82, 2.24) is 25.6 Å². The van der Waals surface area contributed by atoms with Crippen LogP contribution >= 0.6 is 0 Å². The minimum absolute atomic E-state index is 0.172. The van der Waals surface area contributed by atoms with E-state index in [1.54, 1.807) is 10.9 Å². The summed E-state index contributed by atoms with van der Waals surface area (Å²) in [6.45, 7) is 4.23. The normalized spacial score (nSPS) is 11.6. The summed E-state index contributed by atoms with van der Waals surface area (Å²) in [6, 6.07) is -1.50. The van der Waals surface area contributed by atoms with E-state index in [4.69, 9.17) is 5.11 Å². The maximum Gasteiger partial charge on any atom is 0.326 e. The number of nitrogens with zero attached hydrogens (tertiary/aromatic N) is 3. The molecule has 1 heterocycles. The van der Waals surface area contributed by atoms with Crippen LogP contribution in [0.3, 0.4) is 0 Å². The van der Waals surface area contributed by atoms with Crippen LogP contribution < -0.4 is 10.6 Å². The molecule has 0 saturated carbocycles. The number of carbonyl (C=O) groups excluding carboxylic acids is 1. The third kappa shape index (κ3) is 4.64. The molecule has 0 saturated heterocycles. The summed E-state index contributed by atoms with van der Waals surface area (Å²) < 4.78 is 1.55. The van der Waals surface area contributed by atoms with Crippen LogP contribution in [0.15, 0.2) is 25.0 Å². The molecule has 18 heavy (non-hydrogen) atoms. The number of amides is 2. The summed E-state index contributed by atoms with van der Waals surface area (Å²) in [7, 11) is 0. The number of nitrogens with one attached hydrogen (secondary N) is 2. The van der Waals surface area contributed by atoms with Crippen LogP contribution in [0.5, 0.6) is 0 Å². The molecule has 0 fully saturated rings. The summed E-state index contributed by atoms with van der Waals surface area (Å²) in [4.78, 5) is 22.2. The van der Waals surface area contributed by atoms with Crippen molar-refractivity contribution in [3.05, 3.63) is 25.0 Å². The number of hydrogen-bond donors (Lipinski definition) is 3. The summed E-state index contributed by atoms with van der Waals surface area (Å²) in [5.74, 6) is -1.10. The summed E-state index contributed by atoms with van der Waals surface area (Å²) >= 11 is 0. The van der Waals surface area contributed by atoms with Gasteiger partial charge in [-0.15, -0.1) is 11.7 Å². The van der Waals surface area contributed by atoms with E-state index < -0.39 is 18.0 Å². The van der Waals surface area contributed by atoms with Crippen LogP contribution in [0.25, 0.3) is 0 Å². The highest BCUT2D eigenvalue weighted by Gasteiger charge is 2.17. The Balaban J connectivity index is 2.27. The van der Waals surface area contributed by atoms with Gasteiger partial charge in [-0.1, -0.05) is 11.3 Å². The van der Waals surface area contributed by atoms with Crippen molar-refractivity contribution in [2.75, 3.05) is 6.54 Å². The molecule has 1 unspecified atom stereocenters. The zero-order chi connectivity index (χ0) is 13.4. The standard InChI is InChI=1S/C10H15N5O3/c1-2-3-8(9(16)17)13-10(18)11-4-6-15-7-5-12-14-15/h2,5,7-8H,1,3-4,6H2,(H,16,17)(H2,11,13,18). The van der Waals surface area contributed by atoms with Gasteiger partial charge in [0.15, 0.2) is 0 Å². The summed E-state index contributed by atoms with van der Waals surface area (Å²) in [5, 5.41) is 21.0. The zero-order valence-electron chi connectivity index (χ0n) is 9.74. The number of urea groups is 1. The van der Waals surface area contributed by atoms with Gasteiger partial charge in [0.05, 0.1) is 12.7 Å². The van der Waals surface area contributed by atoms with Gasteiger partial charge < -0.3 is 15.7 Å². The fraction of sp³-hybridized carbons (Fsp3) is 0.400. The topological polar surface area (TPSA) is 109 Å². The number of aromatic nitrogens is 3. The predicted octanol–water partition coefficient (Wildman–Crippen LogP) is -0.393. The quantitative estimate of drug-likeness (QED) is 0.573.